The number of benzene rings is 2. The molecule has 0 bridgehead atoms. The molecule has 0 aliphatic rings. The van der Waals surface area contributed by atoms with Crippen LogP contribution < -0.4 is 10.1 Å². The van der Waals surface area contributed by atoms with Crippen molar-refractivity contribution >= 4 is 23.3 Å². The zero-order valence-electron chi connectivity index (χ0n) is 15.7. The summed E-state index contributed by atoms with van der Waals surface area (Å²) in [6.07, 6.45) is 1.77. The minimum atomic E-state index is -0.573. The van der Waals surface area contributed by atoms with Crippen molar-refractivity contribution in [1.82, 2.24) is 9.97 Å². The molecule has 0 saturated carbocycles. The van der Waals surface area contributed by atoms with E-state index in [2.05, 4.69) is 15.3 Å². The highest BCUT2D eigenvalue weighted by atomic mass is 32.2. The molecule has 0 fully saturated rings. The van der Waals surface area contributed by atoms with Crippen molar-refractivity contribution in [3.05, 3.63) is 75.3 Å². The fourth-order valence-electron chi connectivity index (χ4n) is 2.53. The number of nitro groups is 1. The first-order valence-corrected chi connectivity index (χ1v) is 9.81. The SMILES string of the molecule is CSc1nc(NCc2ccccc2)c([N+](=O)[O-])c(Oc2cc(C#N)ccc2C)n1. The van der Waals surface area contributed by atoms with Gasteiger partial charge in [0.25, 0.3) is 0 Å². The van der Waals surface area contributed by atoms with Crippen LogP contribution in [0.25, 0.3) is 0 Å². The van der Waals surface area contributed by atoms with E-state index in [0.717, 1.165) is 11.1 Å². The van der Waals surface area contributed by atoms with E-state index in [4.69, 9.17) is 10.00 Å². The van der Waals surface area contributed by atoms with Gasteiger partial charge < -0.3 is 10.1 Å². The Kier molecular flexibility index (Phi) is 6.26. The number of hydrogen-bond acceptors (Lipinski definition) is 8. The van der Waals surface area contributed by atoms with Crippen LogP contribution in [0, 0.1) is 28.4 Å². The molecule has 1 heterocycles. The molecule has 8 nitrogen and oxygen atoms in total. The number of aryl methyl sites for hydroxylation is 1. The van der Waals surface area contributed by atoms with Gasteiger partial charge in [-0.25, -0.2) is 0 Å². The molecular weight excluding hydrogens is 390 g/mol. The van der Waals surface area contributed by atoms with Gasteiger partial charge in [-0.1, -0.05) is 48.2 Å². The predicted octanol–water partition coefficient (Wildman–Crippen LogP) is 4.69. The van der Waals surface area contributed by atoms with E-state index in [0.29, 0.717) is 23.0 Å². The molecule has 0 spiro atoms. The highest BCUT2D eigenvalue weighted by Gasteiger charge is 2.27. The lowest BCUT2D eigenvalue weighted by Gasteiger charge is -2.12. The van der Waals surface area contributed by atoms with Gasteiger partial charge in [-0.2, -0.15) is 15.2 Å². The number of nitrogens with zero attached hydrogens (tertiary/aromatic N) is 4. The molecule has 9 heteroatoms. The summed E-state index contributed by atoms with van der Waals surface area (Å²) in [5, 5.41) is 24.3. The smallest absolute Gasteiger partial charge is 0.373 e. The van der Waals surface area contributed by atoms with Crippen LogP contribution in [0.5, 0.6) is 11.6 Å². The van der Waals surface area contributed by atoms with Crippen LogP contribution >= 0.6 is 11.8 Å². The molecule has 0 unspecified atom stereocenters. The average Bonchev–Trinajstić information content (AvgIpc) is 2.73. The number of anilines is 1. The zero-order chi connectivity index (χ0) is 20.8. The molecule has 3 rings (SSSR count). The van der Waals surface area contributed by atoms with Gasteiger partial charge >= 0.3 is 11.6 Å². The van der Waals surface area contributed by atoms with Crippen LogP contribution in [0.15, 0.2) is 53.7 Å². The first-order chi connectivity index (χ1) is 14.0. The summed E-state index contributed by atoms with van der Waals surface area (Å²) < 4.78 is 5.78. The number of aromatic nitrogens is 2. The van der Waals surface area contributed by atoms with E-state index < -0.39 is 4.92 Å². The monoisotopic (exact) mass is 407 g/mol. The summed E-state index contributed by atoms with van der Waals surface area (Å²) in [7, 11) is 0. The number of hydrogen-bond donors (Lipinski definition) is 1. The molecule has 2 aromatic carbocycles. The van der Waals surface area contributed by atoms with Crippen molar-refractivity contribution in [2.24, 2.45) is 0 Å². The van der Waals surface area contributed by atoms with Crippen LogP contribution in [0.4, 0.5) is 11.5 Å². The second kappa shape index (κ2) is 9.03. The minimum absolute atomic E-state index is 0.0716. The Balaban J connectivity index is 2.02. The molecule has 0 saturated heterocycles. The van der Waals surface area contributed by atoms with E-state index in [9.17, 15) is 10.1 Å². The molecule has 0 aliphatic carbocycles. The largest absolute Gasteiger partial charge is 0.433 e. The van der Waals surface area contributed by atoms with E-state index in [1.54, 1.807) is 25.3 Å². The third-order valence-electron chi connectivity index (χ3n) is 4.02. The minimum Gasteiger partial charge on any atom is -0.433 e. The summed E-state index contributed by atoms with van der Waals surface area (Å²) in [6.45, 7) is 2.14. The highest BCUT2D eigenvalue weighted by Crippen LogP contribution is 2.37. The predicted molar refractivity (Wildman–Crippen MR) is 110 cm³/mol. The van der Waals surface area contributed by atoms with E-state index in [-0.39, 0.29) is 17.4 Å². The maximum absolute atomic E-state index is 11.8. The molecule has 0 radical (unpaired) electrons. The lowest BCUT2D eigenvalue weighted by atomic mass is 10.1. The summed E-state index contributed by atoms with van der Waals surface area (Å²) in [5.41, 5.74) is 1.70. The first-order valence-electron chi connectivity index (χ1n) is 8.58. The topological polar surface area (TPSA) is 114 Å². The lowest BCUT2D eigenvalue weighted by Crippen LogP contribution is -2.08. The van der Waals surface area contributed by atoms with Crippen molar-refractivity contribution in [3.63, 3.8) is 0 Å². The van der Waals surface area contributed by atoms with Gasteiger partial charge in [0.15, 0.2) is 5.16 Å². The van der Waals surface area contributed by atoms with Gasteiger partial charge in [0, 0.05) is 6.54 Å². The van der Waals surface area contributed by atoms with Gasteiger partial charge in [-0.15, -0.1) is 0 Å². The zero-order valence-corrected chi connectivity index (χ0v) is 16.6. The Morgan fingerprint density at radius 2 is 2.00 bits per heavy atom. The van der Waals surface area contributed by atoms with Crippen LogP contribution in [-0.2, 0) is 6.54 Å². The third kappa shape index (κ3) is 4.80. The van der Waals surface area contributed by atoms with E-state index in [1.807, 2.05) is 36.4 Å². The fourth-order valence-corrected chi connectivity index (χ4v) is 2.89. The van der Waals surface area contributed by atoms with E-state index >= 15 is 0 Å². The molecule has 1 aromatic heterocycles. The quantitative estimate of drug-likeness (QED) is 0.260. The number of nitrogens with one attached hydrogen (secondary N) is 1. The van der Waals surface area contributed by atoms with Gasteiger partial charge in [0.05, 0.1) is 16.6 Å². The molecule has 0 aliphatic heterocycles. The molecule has 1 N–H and O–H groups in total. The second-order valence-corrected chi connectivity index (χ2v) is 6.78. The molecule has 3 aromatic rings. The summed E-state index contributed by atoms with van der Waals surface area (Å²) in [5.74, 6) is 0.220. The number of nitriles is 1. The lowest BCUT2D eigenvalue weighted by molar-refractivity contribution is -0.385. The number of thioether (sulfide) groups is 1. The third-order valence-corrected chi connectivity index (χ3v) is 4.57. The maximum atomic E-state index is 11.8. The normalized spacial score (nSPS) is 10.2. The summed E-state index contributed by atoms with van der Waals surface area (Å²) in [6, 6.07) is 16.4. The van der Waals surface area contributed by atoms with Crippen molar-refractivity contribution in [2.45, 2.75) is 18.6 Å². The molecule has 0 amide bonds. The standard InChI is InChI=1S/C20H17N5O3S/c1-13-8-9-15(11-21)10-16(13)28-19-17(25(26)27)18(23-20(24-19)29-2)22-12-14-6-4-3-5-7-14/h3-10H,12H2,1-2H3,(H,22,23,24). The average molecular weight is 407 g/mol. The van der Waals surface area contributed by atoms with Gasteiger partial charge in [0.2, 0.25) is 5.82 Å². The Morgan fingerprint density at radius 1 is 1.24 bits per heavy atom. The van der Waals surface area contributed by atoms with Crippen LogP contribution in [0.1, 0.15) is 16.7 Å². The van der Waals surface area contributed by atoms with Gasteiger partial charge in [-0.3, -0.25) is 10.1 Å². The summed E-state index contributed by atoms with van der Waals surface area (Å²) in [4.78, 5) is 19.7. The molecule has 146 valence electrons. The van der Waals surface area contributed by atoms with E-state index in [1.165, 1.54) is 17.8 Å². The Hall–Kier alpha value is -3.64. The second-order valence-electron chi connectivity index (χ2n) is 6.00. The van der Waals surface area contributed by atoms with Gasteiger partial charge in [0.1, 0.15) is 5.75 Å². The van der Waals surface area contributed by atoms with Crippen LogP contribution in [-0.4, -0.2) is 21.1 Å². The highest BCUT2D eigenvalue weighted by molar-refractivity contribution is 7.98. The Bertz CT molecular complexity index is 1080. The Morgan fingerprint density at radius 3 is 2.66 bits per heavy atom. The van der Waals surface area contributed by atoms with Crippen LogP contribution in [0.2, 0.25) is 0 Å². The van der Waals surface area contributed by atoms with Crippen molar-refractivity contribution in [3.8, 4) is 17.7 Å². The van der Waals surface area contributed by atoms with Crippen LogP contribution in [0.3, 0.4) is 0 Å². The number of ether oxygens (including phenoxy) is 1. The molecule has 0 atom stereocenters. The summed E-state index contributed by atoms with van der Waals surface area (Å²) >= 11 is 1.24. The van der Waals surface area contributed by atoms with Gasteiger partial charge in [-0.05, 0) is 36.4 Å². The molecular formula is C20H17N5O3S. The van der Waals surface area contributed by atoms with Crippen molar-refractivity contribution in [1.29, 1.82) is 5.26 Å². The maximum Gasteiger partial charge on any atom is 0.373 e. The first kappa shape index (κ1) is 20.1. The molecule has 29 heavy (non-hydrogen) atoms. The Labute approximate surface area is 171 Å². The van der Waals surface area contributed by atoms with Crippen molar-refractivity contribution < 1.29 is 9.66 Å². The van der Waals surface area contributed by atoms with Crippen molar-refractivity contribution in [2.75, 3.05) is 11.6 Å². The fraction of sp³-hybridized carbons (Fsp3) is 0.150. The number of rotatable bonds is 7.